The summed E-state index contributed by atoms with van der Waals surface area (Å²) in [5, 5.41) is 9.64. The van der Waals surface area contributed by atoms with Crippen LogP contribution in [0.5, 0.6) is 5.75 Å². The summed E-state index contributed by atoms with van der Waals surface area (Å²) in [6.07, 6.45) is 0.761. The van der Waals surface area contributed by atoms with Gasteiger partial charge in [0.2, 0.25) is 0 Å². The Kier molecular flexibility index (Phi) is 5.00. The smallest absolute Gasteiger partial charge is 0.122 e. The molecule has 0 saturated heterocycles. The Balaban J connectivity index is 2.24. The van der Waals surface area contributed by atoms with Gasteiger partial charge in [-0.3, -0.25) is 0 Å². The first kappa shape index (κ1) is 14.1. The van der Waals surface area contributed by atoms with Crippen LogP contribution in [0.25, 0.3) is 0 Å². The van der Waals surface area contributed by atoms with E-state index in [1.165, 1.54) is 0 Å². The number of aliphatic hydroxyl groups is 1. The van der Waals surface area contributed by atoms with Gasteiger partial charge in [-0.1, -0.05) is 46.3 Å². The van der Waals surface area contributed by atoms with E-state index in [1.54, 1.807) is 7.11 Å². The SMILES string of the molecule is COc1ccccc1CC(CO)c1cccc(Br)c1. The van der Waals surface area contributed by atoms with Gasteiger partial charge < -0.3 is 9.84 Å². The van der Waals surface area contributed by atoms with Gasteiger partial charge in [0.15, 0.2) is 0 Å². The van der Waals surface area contributed by atoms with Gasteiger partial charge in [-0.2, -0.15) is 0 Å². The van der Waals surface area contributed by atoms with Crippen LogP contribution in [0.3, 0.4) is 0 Å². The highest BCUT2D eigenvalue weighted by Crippen LogP contribution is 2.27. The van der Waals surface area contributed by atoms with Crippen LogP contribution < -0.4 is 4.74 Å². The molecule has 0 aromatic heterocycles. The third-order valence-electron chi connectivity index (χ3n) is 3.20. The summed E-state index contributed by atoms with van der Waals surface area (Å²) in [6, 6.07) is 16.0. The molecule has 0 fully saturated rings. The lowest BCUT2D eigenvalue weighted by Crippen LogP contribution is -2.08. The lowest BCUT2D eigenvalue weighted by Gasteiger charge is -2.17. The zero-order chi connectivity index (χ0) is 13.7. The van der Waals surface area contributed by atoms with E-state index in [2.05, 4.69) is 22.0 Å². The summed E-state index contributed by atoms with van der Waals surface area (Å²) >= 11 is 3.47. The Morgan fingerprint density at radius 3 is 2.63 bits per heavy atom. The van der Waals surface area contributed by atoms with Crippen molar-refractivity contribution in [3.63, 3.8) is 0 Å². The van der Waals surface area contributed by atoms with Crippen molar-refractivity contribution in [2.24, 2.45) is 0 Å². The molecule has 0 heterocycles. The molecule has 1 N–H and O–H groups in total. The fraction of sp³-hybridized carbons (Fsp3) is 0.250. The summed E-state index contributed by atoms with van der Waals surface area (Å²) < 4.78 is 6.39. The summed E-state index contributed by atoms with van der Waals surface area (Å²) in [7, 11) is 1.67. The number of aliphatic hydroxyl groups excluding tert-OH is 1. The highest BCUT2D eigenvalue weighted by atomic mass is 79.9. The highest BCUT2D eigenvalue weighted by Gasteiger charge is 2.14. The second-order valence-corrected chi connectivity index (χ2v) is 5.37. The van der Waals surface area contributed by atoms with Gasteiger partial charge in [0, 0.05) is 10.4 Å². The van der Waals surface area contributed by atoms with Crippen LogP contribution in [0.15, 0.2) is 53.0 Å². The number of para-hydroxylation sites is 1. The first-order valence-electron chi connectivity index (χ1n) is 6.23. The quantitative estimate of drug-likeness (QED) is 0.908. The highest BCUT2D eigenvalue weighted by molar-refractivity contribution is 9.10. The van der Waals surface area contributed by atoms with Gasteiger partial charge in [-0.25, -0.2) is 0 Å². The van der Waals surface area contributed by atoms with E-state index in [0.29, 0.717) is 0 Å². The average Bonchev–Trinajstić information content (AvgIpc) is 2.45. The van der Waals surface area contributed by atoms with Crippen LogP contribution in [0.2, 0.25) is 0 Å². The summed E-state index contributed by atoms with van der Waals surface area (Å²) in [6.45, 7) is 0.120. The Labute approximate surface area is 122 Å². The predicted molar refractivity (Wildman–Crippen MR) is 80.7 cm³/mol. The Hall–Kier alpha value is -1.32. The monoisotopic (exact) mass is 320 g/mol. The second kappa shape index (κ2) is 6.73. The Morgan fingerprint density at radius 2 is 1.95 bits per heavy atom. The molecular weight excluding hydrogens is 304 g/mol. The summed E-state index contributed by atoms with van der Waals surface area (Å²) in [5.74, 6) is 0.949. The van der Waals surface area contributed by atoms with E-state index in [1.807, 2.05) is 42.5 Å². The van der Waals surface area contributed by atoms with Crippen molar-refractivity contribution in [3.8, 4) is 5.75 Å². The van der Waals surface area contributed by atoms with Crippen molar-refractivity contribution < 1.29 is 9.84 Å². The number of rotatable bonds is 5. The average molecular weight is 321 g/mol. The van der Waals surface area contributed by atoms with Crippen molar-refractivity contribution >= 4 is 15.9 Å². The van der Waals surface area contributed by atoms with Crippen molar-refractivity contribution in [2.75, 3.05) is 13.7 Å². The van der Waals surface area contributed by atoms with Crippen LogP contribution in [-0.4, -0.2) is 18.8 Å². The van der Waals surface area contributed by atoms with E-state index in [-0.39, 0.29) is 12.5 Å². The van der Waals surface area contributed by atoms with E-state index in [0.717, 1.165) is 27.8 Å². The molecule has 0 aliphatic carbocycles. The van der Waals surface area contributed by atoms with Crippen molar-refractivity contribution in [3.05, 3.63) is 64.1 Å². The number of hydrogen-bond acceptors (Lipinski definition) is 2. The van der Waals surface area contributed by atoms with Crippen LogP contribution >= 0.6 is 15.9 Å². The van der Waals surface area contributed by atoms with Gasteiger partial charge in [0.25, 0.3) is 0 Å². The van der Waals surface area contributed by atoms with Crippen molar-refractivity contribution in [2.45, 2.75) is 12.3 Å². The van der Waals surface area contributed by atoms with E-state index >= 15 is 0 Å². The number of ether oxygens (including phenoxy) is 1. The summed E-state index contributed by atoms with van der Waals surface area (Å²) in [5.41, 5.74) is 2.24. The Bertz CT molecular complexity index is 540. The van der Waals surface area contributed by atoms with Crippen LogP contribution in [0.4, 0.5) is 0 Å². The molecule has 0 amide bonds. The van der Waals surface area contributed by atoms with Crippen LogP contribution in [-0.2, 0) is 6.42 Å². The van der Waals surface area contributed by atoms with Crippen molar-refractivity contribution in [1.82, 2.24) is 0 Å². The first-order chi connectivity index (χ1) is 9.24. The topological polar surface area (TPSA) is 29.5 Å². The lowest BCUT2D eigenvalue weighted by atomic mass is 9.92. The number of hydrogen-bond donors (Lipinski definition) is 1. The molecule has 2 nitrogen and oxygen atoms in total. The maximum absolute atomic E-state index is 9.64. The maximum Gasteiger partial charge on any atom is 0.122 e. The van der Waals surface area contributed by atoms with E-state index in [4.69, 9.17) is 4.74 Å². The zero-order valence-corrected chi connectivity index (χ0v) is 12.4. The minimum Gasteiger partial charge on any atom is -0.496 e. The van der Waals surface area contributed by atoms with Gasteiger partial charge in [0.05, 0.1) is 13.7 Å². The third-order valence-corrected chi connectivity index (χ3v) is 3.69. The molecule has 100 valence electrons. The van der Waals surface area contributed by atoms with Crippen molar-refractivity contribution in [1.29, 1.82) is 0 Å². The largest absolute Gasteiger partial charge is 0.496 e. The minimum absolute atomic E-state index is 0.0776. The molecule has 0 aliphatic rings. The molecule has 19 heavy (non-hydrogen) atoms. The van der Waals surface area contributed by atoms with Gasteiger partial charge in [0.1, 0.15) is 5.75 Å². The fourth-order valence-corrected chi connectivity index (χ4v) is 2.60. The fourth-order valence-electron chi connectivity index (χ4n) is 2.19. The second-order valence-electron chi connectivity index (χ2n) is 4.45. The standard InChI is InChI=1S/C16H17BrO2/c1-19-16-8-3-2-5-13(16)9-14(11-18)12-6-4-7-15(17)10-12/h2-8,10,14,18H,9,11H2,1H3. The molecular formula is C16H17BrO2. The van der Waals surface area contributed by atoms with Gasteiger partial charge in [-0.05, 0) is 35.7 Å². The molecule has 1 atom stereocenters. The first-order valence-corrected chi connectivity index (χ1v) is 7.02. The molecule has 0 saturated carbocycles. The Morgan fingerprint density at radius 1 is 1.16 bits per heavy atom. The number of halogens is 1. The molecule has 0 spiro atoms. The zero-order valence-electron chi connectivity index (χ0n) is 10.8. The molecule has 3 heteroatoms. The number of methoxy groups -OCH3 is 1. The molecule has 0 aliphatic heterocycles. The predicted octanol–water partition coefficient (Wildman–Crippen LogP) is 3.78. The molecule has 2 rings (SSSR count). The van der Waals surface area contributed by atoms with Gasteiger partial charge >= 0.3 is 0 Å². The third kappa shape index (κ3) is 3.58. The minimum atomic E-state index is 0.0776. The summed E-state index contributed by atoms with van der Waals surface area (Å²) in [4.78, 5) is 0. The van der Waals surface area contributed by atoms with Gasteiger partial charge in [-0.15, -0.1) is 0 Å². The van der Waals surface area contributed by atoms with Crippen LogP contribution in [0, 0.1) is 0 Å². The number of benzene rings is 2. The normalized spacial score (nSPS) is 12.2. The molecule has 2 aromatic carbocycles. The molecule has 2 aromatic rings. The molecule has 0 radical (unpaired) electrons. The molecule has 0 bridgehead atoms. The van der Waals surface area contributed by atoms with E-state index in [9.17, 15) is 5.11 Å². The van der Waals surface area contributed by atoms with E-state index < -0.39 is 0 Å². The van der Waals surface area contributed by atoms with Crippen LogP contribution in [0.1, 0.15) is 17.0 Å². The molecule has 1 unspecified atom stereocenters. The maximum atomic E-state index is 9.64. The lowest BCUT2D eigenvalue weighted by molar-refractivity contribution is 0.263.